The summed E-state index contributed by atoms with van der Waals surface area (Å²) < 4.78 is 55.2. The van der Waals surface area contributed by atoms with Crippen LogP contribution in [0.4, 0.5) is 13.9 Å². The van der Waals surface area contributed by atoms with Crippen molar-refractivity contribution in [3.8, 4) is 0 Å². The van der Waals surface area contributed by atoms with Crippen molar-refractivity contribution in [2.24, 2.45) is 14.1 Å². The molecule has 0 saturated carbocycles. The van der Waals surface area contributed by atoms with E-state index in [9.17, 15) is 26.8 Å². The number of aryl methyl sites for hydroxylation is 1. The number of aromatic nitrogens is 3. The van der Waals surface area contributed by atoms with E-state index in [1.54, 1.807) is 0 Å². The minimum Gasteiger partial charge on any atom is -0.302 e. The van der Waals surface area contributed by atoms with Crippen LogP contribution in [-0.2, 0) is 30.5 Å². The van der Waals surface area contributed by atoms with Crippen LogP contribution >= 0.6 is 11.3 Å². The molecule has 0 saturated heterocycles. The average molecular weight is 428 g/mol. The van der Waals surface area contributed by atoms with Crippen molar-refractivity contribution in [1.29, 1.82) is 0 Å². The summed E-state index contributed by atoms with van der Waals surface area (Å²) in [6.07, 6.45) is 2.55. The summed E-state index contributed by atoms with van der Waals surface area (Å²) in [7, 11) is -1.79. The van der Waals surface area contributed by atoms with Crippen LogP contribution in [0.1, 0.15) is 10.4 Å². The molecule has 0 spiro atoms. The van der Waals surface area contributed by atoms with Crippen LogP contribution in [0, 0.1) is 11.6 Å². The molecular formula is C16H14F2N4O4S2. The zero-order valence-electron chi connectivity index (χ0n) is 14.6. The van der Waals surface area contributed by atoms with Gasteiger partial charge in [-0.25, -0.2) is 27.0 Å². The van der Waals surface area contributed by atoms with Gasteiger partial charge in [-0.3, -0.25) is 14.1 Å². The number of rotatable bonds is 5. The SMILES string of the molecule is Cn1cc(S(=O)(=O)Nc2ncc(Cc3ccc(F)c(F)c3)s2)c(=O)n(C)c1=O. The fourth-order valence-corrected chi connectivity index (χ4v) is 4.67. The van der Waals surface area contributed by atoms with E-state index in [-0.39, 0.29) is 11.6 Å². The molecule has 8 nitrogen and oxygen atoms in total. The quantitative estimate of drug-likeness (QED) is 0.658. The smallest absolute Gasteiger partial charge is 0.302 e. The van der Waals surface area contributed by atoms with Gasteiger partial charge in [-0.1, -0.05) is 6.07 Å². The van der Waals surface area contributed by atoms with Crippen LogP contribution in [0.3, 0.4) is 0 Å². The van der Waals surface area contributed by atoms with E-state index in [1.165, 1.54) is 26.4 Å². The number of halogens is 2. The van der Waals surface area contributed by atoms with Gasteiger partial charge in [0.2, 0.25) is 0 Å². The fourth-order valence-electron chi connectivity index (χ4n) is 2.42. The van der Waals surface area contributed by atoms with E-state index in [4.69, 9.17) is 0 Å². The topological polar surface area (TPSA) is 103 Å². The number of hydrogen-bond acceptors (Lipinski definition) is 6. The van der Waals surface area contributed by atoms with Gasteiger partial charge in [0.05, 0.1) is 0 Å². The number of benzene rings is 1. The Kier molecular flexibility index (Phi) is 5.17. The minimum atomic E-state index is -4.28. The number of nitrogens with one attached hydrogen (secondary N) is 1. The minimum absolute atomic E-state index is 0.00603. The van der Waals surface area contributed by atoms with E-state index in [0.29, 0.717) is 15.0 Å². The second-order valence-electron chi connectivity index (χ2n) is 5.91. The van der Waals surface area contributed by atoms with Gasteiger partial charge in [-0.05, 0) is 17.7 Å². The average Bonchev–Trinajstić information content (AvgIpc) is 3.05. The molecule has 0 atom stereocenters. The maximum absolute atomic E-state index is 13.3. The molecule has 0 aliphatic rings. The van der Waals surface area contributed by atoms with Gasteiger partial charge >= 0.3 is 5.69 Å². The molecule has 0 radical (unpaired) electrons. The molecule has 2 heterocycles. The maximum atomic E-state index is 13.3. The van der Waals surface area contributed by atoms with Crippen LogP contribution in [-0.4, -0.2) is 22.5 Å². The van der Waals surface area contributed by atoms with Crippen molar-refractivity contribution >= 4 is 26.5 Å². The Labute approximate surface area is 161 Å². The predicted octanol–water partition coefficient (Wildman–Crippen LogP) is 1.21. The van der Waals surface area contributed by atoms with Crippen molar-refractivity contribution in [3.63, 3.8) is 0 Å². The summed E-state index contributed by atoms with van der Waals surface area (Å²) >= 11 is 0.982. The monoisotopic (exact) mass is 428 g/mol. The van der Waals surface area contributed by atoms with E-state index < -0.39 is 37.8 Å². The number of hydrogen-bond donors (Lipinski definition) is 1. The number of nitrogens with zero attached hydrogens (tertiary/aromatic N) is 3. The lowest BCUT2D eigenvalue weighted by atomic mass is 10.1. The van der Waals surface area contributed by atoms with Gasteiger partial charge in [0.15, 0.2) is 21.7 Å². The molecule has 0 unspecified atom stereocenters. The summed E-state index contributed by atoms with van der Waals surface area (Å²) in [5, 5.41) is -0.00603. The zero-order chi connectivity index (χ0) is 20.6. The first-order chi connectivity index (χ1) is 13.1. The highest BCUT2D eigenvalue weighted by molar-refractivity contribution is 7.92. The van der Waals surface area contributed by atoms with Gasteiger partial charge in [0, 0.05) is 37.8 Å². The Bertz CT molecular complexity index is 1280. The molecule has 28 heavy (non-hydrogen) atoms. The van der Waals surface area contributed by atoms with Gasteiger partial charge < -0.3 is 4.57 Å². The maximum Gasteiger partial charge on any atom is 0.330 e. The molecule has 12 heteroatoms. The number of sulfonamides is 1. The Morgan fingerprint density at radius 3 is 2.57 bits per heavy atom. The largest absolute Gasteiger partial charge is 0.330 e. The molecule has 0 amide bonds. The summed E-state index contributed by atoms with van der Waals surface area (Å²) in [6, 6.07) is 3.47. The van der Waals surface area contributed by atoms with Crippen LogP contribution in [0.15, 0.2) is 45.1 Å². The van der Waals surface area contributed by atoms with Crippen molar-refractivity contribution in [2.45, 2.75) is 11.3 Å². The molecule has 1 aromatic carbocycles. The fraction of sp³-hybridized carbons (Fsp3) is 0.188. The lowest BCUT2D eigenvalue weighted by Crippen LogP contribution is -2.40. The molecule has 0 aliphatic heterocycles. The van der Waals surface area contributed by atoms with Crippen molar-refractivity contribution in [1.82, 2.24) is 14.1 Å². The molecular weight excluding hydrogens is 414 g/mol. The third-order valence-electron chi connectivity index (χ3n) is 3.84. The Balaban J connectivity index is 1.86. The van der Waals surface area contributed by atoms with Gasteiger partial charge in [-0.2, -0.15) is 0 Å². The highest BCUT2D eigenvalue weighted by Gasteiger charge is 2.22. The lowest BCUT2D eigenvalue weighted by molar-refractivity contribution is 0.507. The van der Waals surface area contributed by atoms with E-state index in [2.05, 4.69) is 9.71 Å². The molecule has 0 aliphatic carbocycles. The molecule has 3 aromatic rings. The van der Waals surface area contributed by atoms with Gasteiger partial charge in [0.1, 0.15) is 0 Å². The summed E-state index contributed by atoms with van der Waals surface area (Å²) in [6.45, 7) is 0. The molecule has 1 N–H and O–H groups in total. The zero-order valence-corrected chi connectivity index (χ0v) is 16.3. The van der Waals surface area contributed by atoms with Gasteiger partial charge in [-0.15, -0.1) is 11.3 Å². The van der Waals surface area contributed by atoms with E-state index in [0.717, 1.165) is 34.2 Å². The second-order valence-corrected chi connectivity index (χ2v) is 8.68. The molecule has 148 valence electrons. The molecule has 2 aromatic heterocycles. The van der Waals surface area contributed by atoms with Crippen molar-refractivity contribution in [2.75, 3.05) is 4.72 Å². The summed E-state index contributed by atoms with van der Waals surface area (Å²) in [5.74, 6) is -1.94. The first-order valence-electron chi connectivity index (χ1n) is 7.76. The lowest BCUT2D eigenvalue weighted by Gasteiger charge is -2.08. The first-order valence-corrected chi connectivity index (χ1v) is 10.1. The molecule has 0 bridgehead atoms. The second kappa shape index (κ2) is 7.28. The molecule has 0 fully saturated rings. The third kappa shape index (κ3) is 3.87. The summed E-state index contributed by atoms with van der Waals surface area (Å²) in [4.78, 5) is 27.8. The van der Waals surface area contributed by atoms with Crippen LogP contribution in [0.25, 0.3) is 0 Å². The predicted molar refractivity (Wildman–Crippen MR) is 99.0 cm³/mol. The molecule has 3 rings (SSSR count). The Morgan fingerprint density at radius 2 is 1.89 bits per heavy atom. The highest BCUT2D eigenvalue weighted by atomic mass is 32.2. The van der Waals surface area contributed by atoms with Crippen LogP contribution in [0.2, 0.25) is 0 Å². The summed E-state index contributed by atoms with van der Waals surface area (Å²) in [5.41, 5.74) is -1.13. The van der Waals surface area contributed by atoms with E-state index >= 15 is 0 Å². The number of anilines is 1. The van der Waals surface area contributed by atoms with Crippen molar-refractivity contribution in [3.05, 3.63) is 73.5 Å². The van der Waals surface area contributed by atoms with Crippen molar-refractivity contribution < 1.29 is 17.2 Å². The van der Waals surface area contributed by atoms with Gasteiger partial charge in [0.25, 0.3) is 15.6 Å². The first kappa shape index (κ1) is 19.9. The Morgan fingerprint density at radius 1 is 1.18 bits per heavy atom. The standard InChI is InChI=1S/C16H14F2N4O4S2/c1-21-8-13(14(23)22(2)16(21)24)28(25,26)20-15-19-7-10(27-15)5-9-3-4-11(17)12(18)6-9/h3-4,6-8H,5H2,1-2H3,(H,19,20). The number of thiazole rings is 1. The van der Waals surface area contributed by atoms with E-state index in [1.807, 2.05) is 0 Å². The third-order valence-corrected chi connectivity index (χ3v) is 6.21. The normalized spacial score (nSPS) is 11.6. The highest BCUT2D eigenvalue weighted by Crippen LogP contribution is 2.23. The van der Waals surface area contributed by atoms with Crippen LogP contribution in [0.5, 0.6) is 0 Å². The Hall–Kier alpha value is -2.86. The van der Waals surface area contributed by atoms with Crippen LogP contribution < -0.4 is 16.0 Å².